The van der Waals surface area contributed by atoms with Crippen molar-refractivity contribution in [1.29, 1.82) is 0 Å². The molecule has 1 heterocycles. The summed E-state index contributed by atoms with van der Waals surface area (Å²) in [6, 6.07) is 9.77. The second-order valence-electron chi connectivity index (χ2n) is 8.03. The minimum Gasteiger partial charge on any atom is -0.493 e. The van der Waals surface area contributed by atoms with Crippen molar-refractivity contribution in [3.05, 3.63) is 68.0 Å². The summed E-state index contributed by atoms with van der Waals surface area (Å²) in [5.74, 6) is 0.851. The first-order valence-electron chi connectivity index (χ1n) is 11.0. The van der Waals surface area contributed by atoms with Gasteiger partial charge in [-0.1, -0.05) is 12.1 Å². The molecule has 0 aliphatic heterocycles. The Balaban J connectivity index is 1.96. The molecule has 1 atom stereocenters. The highest BCUT2D eigenvalue weighted by Gasteiger charge is 2.29. The van der Waals surface area contributed by atoms with Gasteiger partial charge >= 0.3 is 0 Å². The van der Waals surface area contributed by atoms with Crippen molar-refractivity contribution in [1.82, 2.24) is 5.32 Å². The lowest BCUT2D eigenvalue weighted by Gasteiger charge is -2.19. The zero-order chi connectivity index (χ0) is 25.1. The molecule has 1 aliphatic rings. The second-order valence-corrected chi connectivity index (χ2v) is 8.97. The van der Waals surface area contributed by atoms with Crippen LogP contribution in [0.3, 0.4) is 0 Å². The maximum Gasteiger partial charge on any atom is 0.265 e. The average molecular weight is 495 g/mol. The number of anilines is 1. The predicted octanol–water partition coefficient (Wildman–Crippen LogP) is 4.18. The van der Waals surface area contributed by atoms with Crippen LogP contribution in [-0.4, -0.2) is 33.1 Å². The summed E-state index contributed by atoms with van der Waals surface area (Å²) in [4.78, 5) is 38.4. The molecule has 2 amide bonds. The zero-order valence-electron chi connectivity index (χ0n) is 19.9. The number of rotatable bonds is 6. The maximum absolute atomic E-state index is 13.2. The molecule has 1 aromatic heterocycles. The molecular weight excluding hydrogens is 468 g/mol. The summed E-state index contributed by atoms with van der Waals surface area (Å²) in [5, 5.41) is 7.48. The predicted molar refractivity (Wildman–Crippen MR) is 135 cm³/mol. The molecule has 182 valence electrons. The molecule has 8 nitrogen and oxygen atoms in total. The summed E-state index contributed by atoms with van der Waals surface area (Å²) in [5.41, 5.74) is 2.78. The zero-order valence-corrected chi connectivity index (χ0v) is 20.7. The third-order valence-electron chi connectivity index (χ3n) is 5.91. The van der Waals surface area contributed by atoms with Crippen molar-refractivity contribution >= 4 is 28.8 Å². The van der Waals surface area contributed by atoms with Gasteiger partial charge in [0.2, 0.25) is 17.1 Å². The normalized spacial score (nSPS) is 14.1. The third kappa shape index (κ3) is 4.72. The van der Waals surface area contributed by atoms with E-state index in [1.54, 1.807) is 43.9 Å². The Morgan fingerprint density at radius 1 is 1.03 bits per heavy atom. The van der Waals surface area contributed by atoms with E-state index in [-0.39, 0.29) is 22.9 Å². The van der Waals surface area contributed by atoms with Crippen molar-refractivity contribution in [2.45, 2.75) is 25.8 Å². The fraction of sp³-hybridized carbons (Fsp3) is 0.269. The molecule has 4 rings (SSSR count). The summed E-state index contributed by atoms with van der Waals surface area (Å²) < 4.78 is 16.9. The van der Waals surface area contributed by atoms with Gasteiger partial charge in [0.05, 0.1) is 37.9 Å². The third-order valence-corrected chi connectivity index (χ3v) is 6.78. The number of carbonyl (C=O) groups is 2. The first-order chi connectivity index (χ1) is 16.9. The second kappa shape index (κ2) is 10.2. The van der Waals surface area contributed by atoms with E-state index in [4.69, 9.17) is 14.2 Å². The Bertz CT molecular complexity index is 1340. The monoisotopic (exact) mass is 494 g/mol. The van der Waals surface area contributed by atoms with E-state index >= 15 is 0 Å². The van der Waals surface area contributed by atoms with Gasteiger partial charge in [0, 0.05) is 12.5 Å². The number of methoxy groups -OCH3 is 3. The highest BCUT2D eigenvalue weighted by Crippen LogP contribution is 2.50. The minimum absolute atomic E-state index is 0.138. The fourth-order valence-electron chi connectivity index (χ4n) is 4.40. The summed E-state index contributed by atoms with van der Waals surface area (Å²) in [6.45, 7) is 1.44. The van der Waals surface area contributed by atoms with E-state index in [1.165, 1.54) is 31.4 Å². The van der Waals surface area contributed by atoms with Gasteiger partial charge in [-0.2, -0.15) is 0 Å². The van der Waals surface area contributed by atoms with Crippen LogP contribution in [0.2, 0.25) is 0 Å². The number of benzene rings is 1. The molecule has 3 aromatic rings. The quantitative estimate of drug-likeness (QED) is 0.533. The van der Waals surface area contributed by atoms with Gasteiger partial charge in [0.25, 0.3) is 5.91 Å². The van der Waals surface area contributed by atoms with E-state index in [1.807, 2.05) is 6.07 Å². The standard InChI is InChI=1S/C26H26N2O6S/c1-14(29)27-18-9-7-15-12-21(32-2)24(33-3)25(34-4)23(15)16-8-10-19(20(30)13-17(16)18)28-26(31)22-6-5-11-35-22/h5-6,8,10-13,18H,7,9H2,1-4H3,(H,27,29)(H,28,30,31)/t18-/m1/s1. The first kappa shape index (κ1) is 24.3. The highest BCUT2D eigenvalue weighted by molar-refractivity contribution is 7.12. The van der Waals surface area contributed by atoms with Crippen LogP contribution in [-0.2, 0) is 11.2 Å². The van der Waals surface area contributed by atoms with Crippen LogP contribution in [0.5, 0.6) is 17.2 Å². The Hall–Kier alpha value is -3.85. The van der Waals surface area contributed by atoms with E-state index in [0.29, 0.717) is 46.1 Å². The Labute approximate surface area is 206 Å². The van der Waals surface area contributed by atoms with Crippen LogP contribution in [0.15, 0.2) is 46.6 Å². The lowest BCUT2D eigenvalue weighted by Crippen LogP contribution is -2.26. The highest BCUT2D eigenvalue weighted by atomic mass is 32.1. The van der Waals surface area contributed by atoms with Gasteiger partial charge in [-0.05, 0) is 59.2 Å². The molecule has 0 saturated heterocycles. The molecular formula is C26H26N2O6S. The molecule has 35 heavy (non-hydrogen) atoms. The van der Waals surface area contributed by atoms with Crippen LogP contribution < -0.4 is 30.3 Å². The average Bonchev–Trinajstić information content (AvgIpc) is 3.29. The van der Waals surface area contributed by atoms with Crippen LogP contribution in [0.25, 0.3) is 11.1 Å². The first-order valence-corrected chi connectivity index (χ1v) is 11.9. The van der Waals surface area contributed by atoms with Crippen molar-refractivity contribution in [2.75, 3.05) is 26.6 Å². The summed E-state index contributed by atoms with van der Waals surface area (Å²) >= 11 is 1.29. The molecule has 1 aliphatic carbocycles. The molecule has 0 saturated carbocycles. The van der Waals surface area contributed by atoms with Crippen molar-refractivity contribution in [3.63, 3.8) is 0 Å². The summed E-state index contributed by atoms with van der Waals surface area (Å²) in [6.07, 6.45) is 1.16. The van der Waals surface area contributed by atoms with Crippen molar-refractivity contribution in [2.24, 2.45) is 0 Å². The maximum atomic E-state index is 13.2. The number of hydrogen-bond acceptors (Lipinski definition) is 7. The Morgan fingerprint density at radius 2 is 1.80 bits per heavy atom. The lowest BCUT2D eigenvalue weighted by atomic mass is 9.95. The molecule has 0 spiro atoms. The molecule has 0 unspecified atom stereocenters. The van der Waals surface area contributed by atoms with Crippen LogP contribution in [0, 0.1) is 0 Å². The van der Waals surface area contributed by atoms with E-state index in [0.717, 1.165) is 11.1 Å². The molecule has 2 N–H and O–H groups in total. The SMILES string of the molecule is COc1cc2c(c(OC)c1OC)-c1ccc(NC(=O)c3cccs3)c(=O)cc1[C@H](NC(C)=O)CC2. The molecule has 0 radical (unpaired) electrons. The topological polar surface area (TPSA) is 103 Å². The van der Waals surface area contributed by atoms with Crippen LogP contribution in [0.1, 0.15) is 40.2 Å². The van der Waals surface area contributed by atoms with E-state index < -0.39 is 6.04 Å². The van der Waals surface area contributed by atoms with Gasteiger partial charge < -0.3 is 24.8 Å². The van der Waals surface area contributed by atoms with Crippen LogP contribution in [0.4, 0.5) is 5.69 Å². The largest absolute Gasteiger partial charge is 0.493 e. The Kier molecular flexibility index (Phi) is 7.07. The number of thiophene rings is 1. The van der Waals surface area contributed by atoms with Gasteiger partial charge in [-0.25, -0.2) is 0 Å². The number of nitrogens with one attached hydrogen (secondary N) is 2. The number of hydrogen-bond donors (Lipinski definition) is 2. The molecule has 9 heteroatoms. The number of ether oxygens (including phenoxy) is 3. The number of fused-ring (bicyclic) bond motifs is 3. The van der Waals surface area contributed by atoms with Crippen molar-refractivity contribution < 1.29 is 23.8 Å². The van der Waals surface area contributed by atoms with Crippen LogP contribution >= 0.6 is 11.3 Å². The minimum atomic E-state index is -0.419. The molecule has 0 bridgehead atoms. The number of amides is 2. The Morgan fingerprint density at radius 3 is 2.43 bits per heavy atom. The van der Waals surface area contributed by atoms with Gasteiger partial charge in [-0.15, -0.1) is 11.3 Å². The van der Waals surface area contributed by atoms with Gasteiger partial charge in [-0.3, -0.25) is 14.4 Å². The lowest BCUT2D eigenvalue weighted by molar-refractivity contribution is -0.119. The van der Waals surface area contributed by atoms with E-state index in [2.05, 4.69) is 10.6 Å². The summed E-state index contributed by atoms with van der Waals surface area (Å²) in [7, 11) is 4.63. The van der Waals surface area contributed by atoms with Gasteiger partial charge in [0.15, 0.2) is 11.5 Å². The molecule has 2 aromatic carbocycles. The van der Waals surface area contributed by atoms with Crippen molar-refractivity contribution in [3.8, 4) is 28.4 Å². The smallest absolute Gasteiger partial charge is 0.265 e. The van der Waals surface area contributed by atoms with Gasteiger partial charge in [0.1, 0.15) is 0 Å². The number of aryl methyl sites for hydroxylation is 1. The molecule has 0 fully saturated rings. The number of carbonyl (C=O) groups excluding carboxylic acids is 2. The fourth-order valence-corrected chi connectivity index (χ4v) is 5.02. The van der Waals surface area contributed by atoms with E-state index in [9.17, 15) is 14.4 Å².